The van der Waals surface area contributed by atoms with Crippen LogP contribution in [0, 0.1) is 0 Å². The van der Waals surface area contributed by atoms with E-state index < -0.39 is 0 Å². The molecule has 40 valence electrons. The van der Waals surface area contributed by atoms with Crippen LogP contribution in [-0.2, 0) is 4.74 Å². The van der Waals surface area contributed by atoms with Crippen LogP contribution in [0.15, 0.2) is 0 Å². The molecular formula is C5H8KNO. The number of nitrogens with zero attached hydrogens (tertiary/aromatic N) is 1. The summed E-state index contributed by atoms with van der Waals surface area (Å²) >= 11 is 0. The van der Waals surface area contributed by atoms with Gasteiger partial charge in [0.1, 0.15) is 0 Å². The number of hydrogen-bond acceptors (Lipinski definition) is 1. The molecule has 2 heterocycles. The Kier molecular flexibility index (Phi) is 2.55. The molecular weight excluding hydrogens is 129 g/mol. The molecule has 0 saturated carbocycles. The summed E-state index contributed by atoms with van der Waals surface area (Å²) < 4.78 is 4.99. The molecule has 0 aromatic carbocycles. The van der Waals surface area contributed by atoms with Gasteiger partial charge in [-0.3, -0.25) is 0 Å². The van der Waals surface area contributed by atoms with Crippen molar-refractivity contribution in [1.82, 2.24) is 0 Å². The van der Waals surface area contributed by atoms with Gasteiger partial charge in [0.15, 0.2) is 0 Å². The molecule has 0 atom stereocenters. The van der Waals surface area contributed by atoms with E-state index in [2.05, 4.69) is 5.32 Å². The maximum atomic E-state index is 4.99. The molecule has 2 fully saturated rings. The third-order valence-electron chi connectivity index (χ3n) is 1.77. The summed E-state index contributed by atoms with van der Waals surface area (Å²) in [5.41, 5.74) is 0.347. The van der Waals surface area contributed by atoms with Crippen molar-refractivity contribution in [2.45, 2.75) is 12.0 Å². The fourth-order valence-corrected chi connectivity index (χ4v) is 1.00. The van der Waals surface area contributed by atoms with Gasteiger partial charge in [0.2, 0.25) is 0 Å². The maximum absolute atomic E-state index is 4.99. The van der Waals surface area contributed by atoms with Gasteiger partial charge in [0, 0.05) is 13.2 Å². The normalized spacial score (nSPS) is 30.0. The van der Waals surface area contributed by atoms with E-state index in [1.807, 2.05) is 0 Å². The smallest absolute Gasteiger partial charge is 0.653 e. The van der Waals surface area contributed by atoms with Gasteiger partial charge in [-0.25, -0.2) is 0 Å². The molecule has 2 aliphatic heterocycles. The first kappa shape index (κ1) is 7.66. The molecule has 0 aromatic rings. The standard InChI is InChI=1S/C5H8NO.K/c1-2-6-5(1)3-7-4-5;/h1-4H2;/q-1;+1. The van der Waals surface area contributed by atoms with Gasteiger partial charge in [-0.2, -0.15) is 0 Å². The molecule has 3 heteroatoms. The van der Waals surface area contributed by atoms with Crippen LogP contribution in [0.4, 0.5) is 0 Å². The minimum Gasteiger partial charge on any atom is -0.653 e. The van der Waals surface area contributed by atoms with E-state index in [9.17, 15) is 0 Å². The van der Waals surface area contributed by atoms with Crippen molar-refractivity contribution >= 4 is 0 Å². The summed E-state index contributed by atoms with van der Waals surface area (Å²) in [6.07, 6.45) is 1.27. The molecule has 0 N–H and O–H groups in total. The Hall–Kier alpha value is 1.56. The summed E-state index contributed by atoms with van der Waals surface area (Å²) in [6.45, 7) is 2.86. The van der Waals surface area contributed by atoms with Crippen LogP contribution >= 0.6 is 0 Å². The second kappa shape index (κ2) is 2.66. The summed E-state index contributed by atoms with van der Waals surface area (Å²) in [6, 6.07) is 0. The summed E-state index contributed by atoms with van der Waals surface area (Å²) in [4.78, 5) is 0. The molecule has 0 aliphatic carbocycles. The first-order chi connectivity index (χ1) is 3.41. The van der Waals surface area contributed by atoms with Crippen molar-refractivity contribution < 1.29 is 56.1 Å². The van der Waals surface area contributed by atoms with Gasteiger partial charge < -0.3 is 10.1 Å². The summed E-state index contributed by atoms with van der Waals surface area (Å²) in [5, 5.41) is 4.28. The van der Waals surface area contributed by atoms with Crippen molar-refractivity contribution in [2.75, 3.05) is 19.8 Å². The van der Waals surface area contributed by atoms with Gasteiger partial charge in [0.05, 0.1) is 0 Å². The maximum Gasteiger partial charge on any atom is 1.00 e. The monoisotopic (exact) mass is 137 g/mol. The van der Waals surface area contributed by atoms with E-state index in [0.29, 0.717) is 5.54 Å². The fraction of sp³-hybridized carbons (Fsp3) is 1.00. The Bertz CT molecular complexity index is 72.9. The van der Waals surface area contributed by atoms with E-state index >= 15 is 0 Å². The third kappa shape index (κ3) is 1.05. The fourth-order valence-electron chi connectivity index (χ4n) is 1.00. The molecule has 2 saturated heterocycles. The second-order valence-corrected chi connectivity index (χ2v) is 2.35. The average Bonchev–Trinajstić information content (AvgIpc) is 1.20. The van der Waals surface area contributed by atoms with Crippen LogP contribution in [0.3, 0.4) is 0 Å². The van der Waals surface area contributed by atoms with Crippen molar-refractivity contribution in [2.24, 2.45) is 0 Å². The molecule has 2 aliphatic rings. The zero-order valence-electron chi connectivity index (χ0n) is 5.18. The number of rotatable bonds is 0. The average molecular weight is 137 g/mol. The Morgan fingerprint density at radius 2 is 2.00 bits per heavy atom. The SMILES string of the molecule is C1CC2(COC2)[N-]1.[K+]. The number of ether oxygens (including phenoxy) is 1. The van der Waals surface area contributed by atoms with Crippen molar-refractivity contribution in [3.63, 3.8) is 0 Å². The predicted molar refractivity (Wildman–Crippen MR) is 26.4 cm³/mol. The first-order valence-corrected chi connectivity index (χ1v) is 2.68. The molecule has 0 amide bonds. The van der Waals surface area contributed by atoms with E-state index in [1.165, 1.54) is 6.42 Å². The van der Waals surface area contributed by atoms with Crippen LogP contribution in [0.5, 0.6) is 0 Å². The minimum atomic E-state index is 0. The quantitative estimate of drug-likeness (QED) is 0.340. The van der Waals surface area contributed by atoms with E-state index in [0.717, 1.165) is 19.8 Å². The van der Waals surface area contributed by atoms with Crippen LogP contribution in [0.25, 0.3) is 5.32 Å². The van der Waals surface area contributed by atoms with Crippen LogP contribution < -0.4 is 51.4 Å². The van der Waals surface area contributed by atoms with E-state index in [1.54, 1.807) is 0 Å². The Morgan fingerprint density at radius 1 is 1.38 bits per heavy atom. The number of hydrogen-bond donors (Lipinski definition) is 0. The molecule has 1 spiro atoms. The largest absolute Gasteiger partial charge is 1.00 e. The minimum absolute atomic E-state index is 0. The Labute approximate surface area is 91.8 Å². The molecule has 2 nitrogen and oxygen atoms in total. The molecule has 2 rings (SSSR count). The Balaban J connectivity index is 0.000000320. The van der Waals surface area contributed by atoms with Crippen LogP contribution in [0.1, 0.15) is 6.42 Å². The van der Waals surface area contributed by atoms with E-state index in [-0.39, 0.29) is 51.4 Å². The molecule has 0 unspecified atom stereocenters. The molecule has 0 radical (unpaired) electrons. The second-order valence-electron chi connectivity index (χ2n) is 2.35. The topological polar surface area (TPSA) is 23.3 Å². The van der Waals surface area contributed by atoms with Gasteiger partial charge in [0.25, 0.3) is 0 Å². The zero-order valence-corrected chi connectivity index (χ0v) is 8.31. The molecule has 8 heavy (non-hydrogen) atoms. The zero-order chi connectivity index (χ0) is 4.74. The van der Waals surface area contributed by atoms with E-state index in [4.69, 9.17) is 4.74 Å². The van der Waals surface area contributed by atoms with Crippen LogP contribution in [-0.4, -0.2) is 25.3 Å². The van der Waals surface area contributed by atoms with Gasteiger partial charge in [-0.1, -0.05) is 12.0 Å². The Morgan fingerprint density at radius 3 is 2.00 bits per heavy atom. The third-order valence-corrected chi connectivity index (χ3v) is 1.77. The predicted octanol–water partition coefficient (Wildman–Crippen LogP) is -2.46. The van der Waals surface area contributed by atoms with Gasteiger partial charge >= 0.3 is 51.4 Å². The molecule has 0 bridgehead atoms. The van der Waals surface area contributed by atoms with Crippen molar-refractivity contribution in [3.05, 3.63) is 5.32 Å². The van der Waals surface area contributed by atoms with Gasteiger partial charge in [-0.15, -0.1) is 6.54 Å². The van der Waals surface area contributed by atoms with Crippen molar-refractivity contribution in [3.8, 4) is 0 Å². The summed E-state index contributed by atoms with van der Waals surface area (Å²) in [7, 11) is 0. The molecule has 0 aromatic heterocycles. The summed E-state index contributed by atoms with van der Waals surface area (Å²) in [5.74, 6) is 0. The van der Waals surface area contributed by atoms with Crippen molar-refractivity contribution in [1.29, 1.82) is 0 Å². The van der Waals surface area contributed by atoms with Crippen LogP contribution in [0.2, 0.25) is 0 Å². The van der Waals surface area contributed by atoms with Gasteiger partial charge in [-0.05, 0) is 0 Å². The first-order valence-electron chi connectivity index (χ1n) is 2.68.